The van der Waals surface area contributed by atoms with E-state index < -0.39 is 0 Å². The first kappa shape index (κ1) is 19.3. The highest BCUT2D eigenvalue weighted by atomic mass is 19.1. The van der Waals surface area contributed by atoms with Crippen LogP contribution < -0.4 is 5.56 Å². The second kappa shape index (κ2) is 8.14. The van der Waals surface area contributed by atoms with E-state index in [4.69, 9.17) is 0 Å². The third-order valence-corrected chi connectivity index (χ3v) is 5.57. The summed E-state index contributed by atoms with van der Waals surface area (Å²) >= 11 is 0. The zero-order valence-corrected chi connectivity index (χ0v) is 16.4. The summed E-state index contributed by atoms with van der Waals surface area (Å²) in [6.07, 6.45) is 7.18. The Kier molecular flexibility index (Phi) is 5.42. The van der Waals surface area contributed by atoms with Gasteiger partial charge in [-0.1, -0.05) is 6.92 Å². The number of fused-ring (bicyclic) bond motifs is 1. The molecule has 1 saturated heterocycles. The molecule has 1 aliphatic rings. The molecule has 0 N–H and O–H groups in total. The summed E-state index contributed by atoms with van der Waals surface area (Å²) in [5, 5.41) is 8.17. The number of aryl methyl sites for hydroxylation is 1. The molecular formula is C21H24FN5O2. The summed E-state index contributed by atoms with van der Waals surface area (Å²) in [7, 11) is 0. The maximum atomic E-state index is 13.1. The topological polar surface area (TPSA) is 72.5 Å². The van der Waals surface area contributed by atoms with Crippen LogP contribution in [0.1, 0.15) is 38.4 Å². The molecule has 3 aromatic rings. The average molecular weight is 397 g/mol. The lowest BCUT2D eigenvalue weighted by Crippen LogP contribution is -2.37. The number of nitrogens with zero attached hydrogens (tertiary/aromatic N) is 5. The first-order valence-electron chi connectivity index (χ1n) is 10.0. The van der Waals surface area contributed by atoms with Crippen LogP contribution in [0.3, 0.4) is 0 Å². The molecule has 0 radical (unpaired) electrons. The minimum atomic E-state index is -0.360. The van der Waals surface area contributed by atoms with E-state index in [9.17, 15) is 14.0 Å². The lowest BCUT2D eigenvalue weighted by Gasteiger charge is -2.30. The Hall–Kier alpha value is -3.03. The van der Waals surface area contributed by atoms with Crippen LogP contribution in [0, 0.1) is 11.7 Å². The molecule has 1 aromatic carbocycles. The van der Waals surface area contributed by atoms with Gasteiger partial charge in [-0.25, -0.2) is 4.39 Å². The van der Waals surface area contributed by atoms with E-state index in [1.165, 1.54) is 28.8 Å². The molecule has 0 unspecified atom stereocenters. The van der Waals surface area contributed by atoms with Gasteiger partial charge in [-0.3, -0.25) is 18.6 Å². The summed E-state index contributed by atoms with van der Waals surface area (Å²) in [5.74, 6) is 1.18. The monoisotopic (exact) mass is 397 g/mol. The Morgan fingerprint density at radius 3 is 2.59 bits per heavy atom. The van der Waals surface area contributed by atoms with Crippen molar-refractivity contribution in [3.8, 4) is 5.69 Å². The van der Waals surface area contributed by atoms with E-state index in [1.54, 1.807) is 16.8 Å². The van der Waals surface area contributed by atoms with E-state index in [0.717, 1.165) is 25.9 Å². The number of carbonyl (C=O) groups is 1. The number of benzene rings is 1. The normalized spacial score (nSPS) is 15.2. The van der Waals surface area contributed by atoms with Gasteiger partial charge in [-0.2, -0.15) is 0 Å². The molecule has 2 aromatic heterocycles. The predicted molar refractivity (Wildman–Crippen MR) is 106 cm³/mol. The zero-order valence-electron chi connectivity index (χ0n) is 16.4. The Bertz CT molecular complexity index is 1060. The van der Waals surface area contributed by atoms with Crippen LogP contribution in [0.15, 0.2) is 41.5 Å². The SMILES string of the molecule is CC1CCN(C(=O)CCCc2nnc3c(=O)n(-c4ccc(F)cc4)ccn23)CC1. The molecule has 0 spiro atoms. The molecule has 1 aliphatic heterocycles. The number of hydrogen-bond acceptors (Lipinski definition) is 4. The third kappa shape index (κ3) is 4.06. The van der Waals surface area contributed by atoms with Gasteiger partial charge in [0.05, 0.1) is 0 Å². The van der Waals surface area contributed by atoms with Crippen molar-refractivity contribution in [2.45, 2.75) is 39.0 Å². The Labute approximate surface area is 167 Å². The van der Waals surface area contributed by atoms with Gasteiger partial charge in [0.2, 0.25) is 11.6 Å². The molecule has 0 bridgehead atoms. The fourth-order valence-electron chi connectivity index (χ4n) is 3.72. The summed E-state index contributed by atoms with van der Waals surface area (Å²) < 4.78 is 16.2. The largest absolute Gasteiger partial charge is 0.343 e. The molecule has 0 aliphatic carbocycles. The van der Waals surface area contributed by atoms with Gasteiger partial charge in [0.15, 0.2) is 0 Å². The smallest absolute Gasteiger partial charge is 0.300 e. The van der Waals surface area contributed by atoms with Crippen LogP contribution in [0.5, 0.6) is 0 Å². The second-order valence-corrected chi connectivity index (χ2v) is 7.68. The van der Waals surface area contributed by atoms with Crippen LogP contribution >= 0.6 is 0 Å². The number of aromatic nitrogens is 4. The number of hydrogen-bond donors (Lipinski definition) is 0. The van der Waals surface area contributed by atoms with Crippen molar-refractivity contribution in [2.24, 2.45) is 5.92 Å². The number of amides is 1. The van der Waals surface area contributed by atoms with E-state index in [2.05, 4.69) is 17.1 Å². The van der Waals surface area contributed by atoms with Crippen molar-refractivity contribution in [2.75, 3.05) is 13.1 Å². The van der Waals surface area contributed by atoms with E-state index in [0.29, 0.717) is 36.7 Å². The highest BCUT2D eigenvalue weighted by molar-refractivity contribution is 5.76. The van der Waals surface area contributed by atoms with Crippen LogP contribution in [-0.4, -0.2) is 43.1 Å². The molecule has 1 fully saturated rings. The van der Waals surface area contributed by atoms with Crippen LogP contribution in [0.25, 0.3) is 11.3 Å². The standard InChI is InChI=1S/C21H24FN5O2/c1-15-9-11-25(12-10-15)19(28)4-2-3-18-23-24-20-21(29)26(13-14-27(18)20)17-7-5-16(22)6-8-17/h5-8,13-15H,2-4,9-12H2,1H3. The Balaban J connectivity index is 1.44. The van der Waals surface area contributed by atoms with Crippen LogP contribution in [0.4, 0.5) is 4.39 Å². The molecule has 0 saturated carbocycles. The summed E-state index contributed by atoms with van der Waals surface area (Å²) in [6, 6.07) is 5.69. The Morgan fingerprint density at radius 2 is 1.86 bits per heavy atom. The lowest BCUT2D eigenvalue weighted by molar-refractivity contribution is -0.132. The van der Waals surface area contributed by atoms with Gasteiger partial charge in [-0.15, -0.1) is 10.2 Å². The van der Waals surface area contributed by atoms with Crippen LogP contribution in [0.2, 0.25) is 0 Å². The first-order valence-corrected chi connectivity index (χ1v) is 10.0. The minimum Gasteiger partial charge on any atom is -0.343 e. The maximum Gasteiger partial charge on any atom is 0.300 e. The molecule has 1 amide bonds. The number of likely N-dealkylation sites (tertiary alicyclic amines) is 1. The molecule has 0 atom stereocenters. The van der Waals surface area contributed by atoms with Gasteiger partial charge in [0.1, 0.15) is 11.6 Å². The molecule has 29 heavy (non-hydrogen) atoms. The van der Waals surface area contributed by atoms with Crippen molar-refractivity contribution in [3.63, 3.8) is 0 Å². The fourth-order valence-corrected chi connectivity index (χ4v) is 3.72. The van der Waals surface area contributed by atoms with Gasteiger partial charge in [0.25, 0.3) is 0 Å². The molecule has 4 rings (SSSR count). The average Bonchev–Trinajstić information content (AvgIpc) is 3.13. The summed E-state index contributed by atoms with van der Waals surface area (Å²) in [4.78, 5) is 27.1. The highest BCUT2D eigenvalue weighted by Crippen LogP contribution is 2.17. The first-order chi connectivity index (χ1) is 14.0. The lowest BCUT2D eigenvalue weighted by atomic mass is 9.99. The third-order valence-electron chi connectivity index (χ3n) is 5.57. The van der Waals surface area contributed by atoms with Crippen molar-refractivity contribution in [3.05, 3.63) is 58.7 Å². The zero-order chi connectivity index (χ0) is 20.4. The highest BCUT2D eigenvalue weighted by Gasteiger charge is 2.20. The summed E-state index contributed by atoms with van der Waals surface area (Å²) in [6.45, 7) is 3.91. The number of rotatable bonds is 5. The quantitative estimate of drug-likeness (QED) is 0.663. The van der Waals surface area contributed by atoms with Crippen molar-refractivity contribution < 1.29 is 9.18 Å². The molecular weight excluding hydrogens is 373 g/mol. The maximum absolute atomic E-state index is 13.1. The summed E-state index contributed by atoms with van der Waals surface area (Å²) in [5.41, 5.74) is 0.449. The second-order valence-electron chi connectivity index (χ2n) is 7.68. The number of carbonyl (C=O) groups excluding carboxylic acids is 1. The van der Waals surface area contributed by atoms with Crippen molar-refractivity contribution >= 4 is 11.6 Å². The molecule has 152 valence electrons. The van der Waals surface area contributed by atoms with Crippen LogP contribution in [-0.2, 0) is 11.2 Å². The van der Waals surface area contributed by atoms with Gasteiger partial charge in [-0.05, 0) is 49.4 Å². The van der Waals surface area contributed by atoms with Gasteiger partial charge >= 0.3 is 5.56 Å². The number of halogens is 1. The molecule has 8 heteroatoms. The number of piperidine rings is 1. The van der Waals surface area contributed by atoms with Gasteiger partial charge < -0.3 is 4.90 Å². The predicted octanol–water partition coefficient (Wildman–Crippen LogP) is 2.60. The van der Waals surface area contributed by atoms with E-state index in [-0.39, 0.29) is 22.9 Å². The minimum absolute atomic E-state index is 0.185. The fraction of sp³-hybridized carbons (Fsp3) is 0.429. The van der Waals surface area contributed by atoms with E-state index >= 15 is 0 Å². The molecule has 3 heterocycles. The van der Waals surface area contributed by atoms with Gasteiger partial charge in [0, 0.05) is 44.0 Å². The van der Waals surface area contributed by atoms with Crippen molar-refractivity contribution in [1.29, 1.82) is 0 Å². The van der Waals surface area contributed by atoms with Crippen molar-refractivity contribution in [1.82, 2.24) is 24.1 Å². The Morgan fingerprint density at radius 1 is 1.14 bits per heavy atom. The molecule has 7 nitrogen and oxygen atoms in total. The van der Waals surface area contributed by atoms with E-state index in [1.807, 2.05) is 4.90 Å².